The smallest absolute Gasteiger partial charge is 0.231 e. The normalized spacial score (nSPS) is 10.6. The fourth-order valence-electron chi connectivity index (χ4n) is 2.63. The molecule has 1 aromatic carbocycles. The Morgan fingerprint density at radius 2 is 1.89 bits per heavy atom. The Morgan fingerprint density at radius 3 is 2.59 bits per heavy atom. The Labute approximate surface area is 166 Å². The molecule has 2 aromatic heterocycles. The first kappa shape index (κ1) is 19.3. The van der Waals surface area contributed by atoms with Gasteiger partial charge in [-0.2, -0.15) is 0 Å². The van der Waals surface area contributed by atoms with E-state index in [0.29, 0.717) is 30.3 Å². The van der Waals surface area contributed by atoms with Crippen LogP contribution >= 0.6 is 22.7 Å². The number of thiophene rings is 1. The minimum Gasteiger partial charge on any atom is -0.338 e. The second-order valence-corrected chi connectivity index (χ2v) is 7.91. The number of rotatable bonds is 8. The van der Waals surface area contributed by atoms with Gasteiger partial charge in [-0.1, -0.05) is 36.4 Å². The lowest BCUT2D eigenvalue weighted by atomic mass is 10.2. The zero-order valence-corrected chi connectivity index (χ0v) is 16.7. The van der Waals surface area contributed by atoms with Gasteiger partial charge in [-0.05, 0) is 23.9 Å². The van der Waals surface area contributed by atoms with Crippen LogP contribution in [-0.2, 0) is 29.0 Å². The van der Waals surface area contributed by atoms with Crippen LogP contribution in [0.2, 0.25) is 0 Å². The van der Waals surface area contributed by atoms with Gasteiger partial charge in [0, 0.05) is 23.3 Å². The molecule has 0 fully saturated rings. The maximum Gasteiger partial charge on any atom is 0.231 e. The van der Waals surface area contributed by atoms with E-state index in [0.717, 1.165) is 10.4 Å². The van der Waals surface area contributed by atoms with Gasteiger partial charge < -0.3 is 10.2 Å². The first-order chi connectivity index (χ1) is 13.1. The summed E-state index contributed by atoms with van der Waals surface area (Å²) in [4.78, 5) is 31.9. The quantitative estimate of drug-likeness (QED) is 0.623. The topological polar surface area (TPSA) is 62.3 Å². The number of anilines is 1. The van der Waals surface area contributed by atoms with Crippen LogP contribution in [0.5, 0.6) is 0 Å². The van der Waals surface area contributed by atoms with E-state index in [9.17, 15) is 9.59 Å². The summed E-state index contributed by atoms with van der Waals surface area (Å²) in [7, 11) is 0. The van der Waals surface area contributed by atoms with Gasteiger partial charge in [-0.25, -0.2) is 4.98 Å². The highest BCUT2D eigenvalue weighted by molar-refractivity contribution is 7.14. The van der Waals surface area contributed by atoms with Crippen molar-refractivity contribution in [3.8, 4) is 0 Å². The van der Waals surface area contributed by atoms with Crippen molar-refractivity contribution in [3.63, 3.8) is 0 Å². The molecule has 0 aliphatic carbocycles. The van der Waals surface area contributed by atoms with Crippen LogP contribution in [0.3, 0.4) is 0 Å². The standard InChI is InChI=1S/C20H21N3O2S2/c1-2-23(13-15-7-4-3-5-8-15)19(25)11-16-14-27-20(21-16)22-18(24)12-17-9-6-10-26-17/h3-10,14H,2,11-13H2,1H3,(H,21,22,24). The monoisotopic (exact) mass is 399 g/mol. The number of amides is 2. The van der Waals surface area contributed by atoms with E-state index < -0.39 is 0 Å². The molecule has 1 N–H and O–H groups in total. The summed E-state index contributed by atoms with van der Waals surface area (Å²) in [6, 6.07) is 13.8. The van der Waals surface area contributed by atoms with Gasteiger partial charge in [0.25, 0.3) is 0 Å². The van der Waals surface area contributed by atoms with E-state index in [1.165, 1.54) is 11.3 Å². The molecule has 0 bridgehead atoms. The van der Waals surface area contributed by atoms with Gasteiger partial charge in [0.2, 0.25) is 11.8 Å². The van der Waals surface area contributed by atoms with Gasteiger partial charge in [0.1, 0.15) is 0 Å². The Hall–Kier alpha value is -2.51. The molecule has 7 heteroatoms. The zero-order chi connectivity index (χ0) is 19.1. The number of aromatic nitrogens is 1. The number of nitrogens with zero attached hydrogens (tertiary/aromatic N) is 2. The Kier molecular flexibility index (Phi) is 6.73. The van der Waals surface area contributed by atoms with Crippen LogP contribution in [0.15, 0.2) is 53.2 Å². The summed E-state index contributed by atoms with van der Waals surface area (Å²) in [5.41, 5.74) is 1.79. The van der Waals surface area contributed by atoms with Gasteiger partial charge in [-0.15, -0.1) is 22.7 Å². The fourth-order valence-corrected chi connectivity index (χ4v) is 4.06. The molecule has 140 valence electrons. The molecule has 0 aliphatic heterocycles. The second kappa shape index (κ2) is 9.43. The third kappa shape index (κ3) is 5.74. The lowest BCUT2D eigenvalue weighted by molar-refractivity contribution is -0.130. The highest BCUT2D eigenvalue weighted by atomic mass is 32.1. The van der Waals surface area contributed by atoms with Gasteiger partial charge in [-0.3, -0.25) is 9.59 Å². The summed E-state index contributed by atoms with van der Waals surface area (Å²) in [5.74, 6) is -0.0629. The number of benzene rings is 1. The van der Waals surface area contributed by atoms with Crippen molar-refractivity contribution in [2.75, 3.05) is 11.9 Å². The summed E-state index contributed by atoms with van der Waals surface area (Å²) in [6.45, 7) is 3.20. The van der Waals surface area contributed by atoms with Crippen LogP contribution in [0.4, 0.5) is 5.13 Å². The van der Waals surface area contributed by atoms with Crippen LogP contribution < -0.4 is 5.32 Å². The average Bonchev–Trinajstić information content (AvgIpc) is 3.32. The minimum atomic E-state index is -0.0936. The minimum absolute atomic E-state index is 0.0307. The molecular weight excluding hydrogens is 378 g/mol. The molecule has 27 heavy (non-hydrogen) atoms. The largest absolute Gasteiger partial charge is 0.338 e. The molecule has 0 spiro atoms. The molecule has 3 rings (SSSR count). The van der Waals surface area contributed by atoms with Crippen molar-refractivity contribution < 1.29 is 9.59 Å². The summed E-state index contributed by atoms with van der Waals surface area (Å²) in [5, 5.41) is 7.12. The number of hydrogen-bond acceptors (Lipinski definition) is 5. The van der Waals surface area contributed by atoms with Crippen molar-refractivity contribution in [3.05, 3.63) is 69.4 Å². The molecule has 0 radical (unpaired) electrons. The third-order valence-electron chi connectivity index (χ3n) is 4.00. The van der Waals surface area contributed by atoms with Crippen molar-refractivity contribution in [2.24, 2.45) is 0 Å². The Morgan fingerprint density at radius 1 is 1.07 bits per heavy atom. The maximum absolute atomic E-state index is 12.6. The fraction of sp³-hybridized carbons (Fsp3) is 0.250. The molecule has 2 amide bonds. The Balaban J connectivity index is 1.54. The van der Waals surface area contributed by atoms with Crippen molar-refractivity contribution >= 4 is 39.6 Å². The predicted octanol–water partition coefficient (Wildman–Crippen LogP) is 3.98. The summed E-state index contributed by atoms with van der Waals surface area (Å²) in [6.07, 6.45) is 0.574. The number of hydrogen-bond donors (Lipinski definition) is 1. The van der Waals surface area contributed by atoms with E-state index >= 15 is 0 Å². The molecular formula is C20H21N3O2S2. The van der Waals surface area contributed by atoms with Crippen LogP contribution in [0.1, 0.15) is 23.1 Å². The van der Waals surface area contributed by atoms with Crippen LogP contribution in [0.25, 0.3) is 0 Å². The van der Waals surface area contributed by atoms with Crippen molar-refractivity contribution in [1.29, 1.82) is 0 Å². The number of likely N-dealkylation sites (N-methyl/N-ethyl adjacent to an activating group) is 1. The van der Waals surface area contributed by atoms with Gasteiger partial charge >= 0.3 is 0 Å². The number of carbonyl (C=O) groups is 2. The molecule has 0 saturated heterocycles. The molecule has 5 nitrogen and oxygen atoms in total. The lowest BCUT2D eigenvalue weighted by Crippen LogP contribution is -2.31. The van der Waals surface area contributed by atoms with E-state index in [1.54, 1.807) is 11.3 Å². The average molecular weight is 400 g/mol. The van der Waals surface area contributed by atoms with E-state index in [2.05, 4.69) is 10.3 Å². The van der Waals surface area contributed by atoms with E-state index in [1.807, 2.05) is 65.0 Å². The summed E-state index contributed by atoms with van der Waals surface area (Å²) >= 11 is 2.90. The number of thiazole rings is 1. The third-order valence-corrected chi connectivity index (χ3v) is 5.68. The molecule has 2 heterocycles. The van der Waals surface area contributed by atoms with Crippen molar-refractivity contribution in [2.45, 2.75) is 26.3 Å². The zero-order valence-electron chi connectivity index (χ0n) is 15.1. The second-order valence-electron chi connectivity index (χ2n) is 6.02. The van der Waals surface area contributed by atoms with Gasteiger partial charge in [0.05, 0.1) is 18.5 Å². The SMILES string of the molecule is CCN(Cc1ccccc1)C(=O)Cc1csc(NC(=O)Cc2cccs2)n1. The first-order valence-corrected chi connectivity index (χ1v) is 10.5. The lowest BCUT2D eigenvalue weighted by Gasteiger charge is -2.20. The molecule has 0 saturated carbocycles. The van der Waals surface area contributed by atoms with Crippen molar-refractivity contribution in [1.82, 2.24) is 9.88 Å². The van der Waals surface area contributed by atoms with E-state index in [-0.39, 0.29) is 18.2 Å². The Bertz CT molecular complexity index is 876. The summed E-state index contributed by atoms with van der Waals surface area (Å²) < 4.78 is 0. The van der Waals surface area contributed by atoms with Crippen LogP contribution in [-0.4, -0.2) is 28.2 Å². The van der Waals surface area contributed by atoms with Crippen LogP contribution in [0, 0.1) is 0 Å². The predicted molar refractivity (Wildman–Crippen MR) is 110 cm³/mol. The molecule has 0 atom stereocenters. The first-order valence-electron chi connectivity index (χ1n) is 8.72. The van der Waals surface area contributed by atoms with Gasteiger partial charge in [0.15, 0.2) is 5.13 Å². The highest BCUT2D eigenvalue weighted by Gasteiger charge is 2.15. The molecule has 3 aromatic rings. The maximum atomic E-state index is 12.6. The molecule has 0 unspecified atom stereocenters. The number of nitrogens with one attached hydrogen (secondary N) is 1. The van der Waals surface area contributed by atoms with E-state index in [4.69, 9.17) is 0 Å². The highest BCUT2D eigenvalue weighted by Crippen LogP contribution is 2.18. The number of carbonyl (C=O) groups excluding carboxylic acids is 2. The molecule has 0 aliphatic rings.